The van der Waals surface area contributed by atoms with Gasteiger partial charge in [0.15, 0.2) is 11.5 Å². The van der Waals surface area contributed by atoms with Crippen LogP contribution in [0.1, 0.15) is 25.7 Å². The quantitative estimate of drug-likeness (QED) is 0.752. The highest BCUT2D eigenvalue weighted by Gasteiger charge is 2.27. The molecule has 1 unspecified atom stereocenters. The van der Waals surface area contributed by atoms with Crippen LogP contribution in [0.4, 0.5) is 5.82 Å². The molecule has 0 N–H and O–H groups in total. The zero-order chi connectivity index (χ0) is 13.9. The second kappa shape index (κ2) is 5.40. The van der Waals surface area contributed by atoms with Gasteiger partial charge in [0.2, 0.25) is 0 Å². The molecule has 1 aliphatic heterocycles. The van der Waals surface area contributed by atoms with Crippen molar-refractivity contribution in [1.82, 2.24) is 25.0 Å². The average molecular weight is 276 g/mol. The lowest BCUT2D eigenvalue weighted by molar-refractivity contribution is -0.141. The third-order valence-electron chi connectivity index (χ3n) is 3.64. The van der Waals surface area contributed by atoms with Crippen LogP contribution in [-0.4, -0.2) is 50.7 Å². The number of ether oxygens (including phenoxy) is 1. The number of anilines is 1. The molecule has 1 aliphatic rings. The Labute approximate surface area is 115 Å². The van der Waals surface area contributed by atoms with Crippen LogP contribution < -0.4 is 4.90 Å². The first-order valence-corrected chi connectivity index (χ1v) is 6.65. The number of tetrazole rings is 1. The molecule has 2 aromatic rings. The van der Waals surface area contributed by atoms with Gasteiger partial charge in [-0.15, -0.1) is 5.10 Å². The Morgan fingerprint density at radius 2 is 2.35 bits per heavy atom. The molecule has 8 nitrogen and oxygen atoms in total. The first-order valence-electron chi connectivity index (χ1n) is 6.65. The van der Waals surface area contributed by atoms with E-state index in [2.05, 4.69) is 25.4 Å². The predicted octanol–water partition coefficient (Wildman–Crippen LogP) is 0.441. The molecule has 106 valence electrons. The van der Waals surface area contributed by atoms with E-state index in [1.807, 2.05) is 0 Å². The van der Waals surface area contributed by atoms with E-state index in [9.17, 15) is 4.79 Å². The maximum Gasteiger partial charge on any atom is 0.307 e. The van der Waals surface area contributed by atoms with E-state index < -0.39 is 0 Å². The Kier molecular flexibility index (Phi) is 3.44. The molecule has 0 aromatic carbocycles. The van der Waals surface area contributed by atoms with E-state index >= 15 is 0 Å². The standard InChI is InChI=1S/C12H16N6O2/c1-20-12(19)6-9-4-2-3-5-17(9)11-8-13-7-10-14-15-16-18(10)11/h7-9H,2-6H2,1H3. The van der Waals surface area contributed by atoms with Crippen LogP contribution >= 0.6 is 0 Å². The van der Waals surface area contributed by atoms with Gasteiger partial charge < -0.3 is 9.64 Å². The van der Waals surface area contributed by atoms with E-state index in [1.54, 1.807) is 16.9 Å². The summed E-state index contributed by atoms with van der Waals surface area (Å²) < 4.78 is 6.44. The first-order chi connectivity index (χ1) is 9.79. The number of hydrogen-bond acceptors (Lipinski definition) is 7. The highest BCUT2D eigenvalue weighted by molar-refractivity contribution is 5.70. The van der Waals surface area contributed by atoms with Crippen LogP contribution in [0.5, 0.6) is 0 Å². The summed E-state index contributed by atoms with van der Waals surface area (Å²) in [7, 11) is 1.42. The molecule has 2 aromatic heterocycles. The van der Waals surface area contributed by atoms with Crippen molar-refractivity contribution in [1.29, 1.82) is 0 Å². The van der Waals surface area contributed by atoms with Gasteiger partial charge in [-0.25, -0.2) is 0 Å². The predicted molar refractivity (Wildman–Crippen MR) is 70.2 cm³/mol. The van der Waals surface area contributed by atoms with Gasteiger partial charge in [0, 0.05) is 12.6 Å². The van der Waals surface area contributed by atoms with E-state index in [1.165, 1.54) is 7.11 Å². The van der Waals surface area contributed by atoms with Crippen molar-refractivity contribution >= 4 is 17.4 Å². The molecule has 1 saturated heterocycles. The maximum absolute atomic E-state index is 11.6. The number of fused-ring (bicyclic) bond motifs is 1. The molecule has 0 saturated carbocycles. The summed E-state index contributed by atoms with van der Waals surface area (Å²) in [6.07, 6.45) is 6.86. The minimum Gasteiger partial charge on any atom is -0.469 e. The number of carbonyl (C=O) groups excluding carboxylic acids is 1. The molecule has 1 atom stereocenters. The van der Waals surface area contributed by atoms with Crippen LogP contribution in [0, 0.1) is 0 Å². The summed E-state index contributed by atoms with van der Waals surface area (Å²) in [6.45, 7) is 0.863. The monoisotopic (exact) mass is 276 g/mol. The van der Waals surface area contributed by atoms with Gasteiger partial charge in [0.1, 0.15) is 0 Å². The molecular weight excluding hydrogens is 260 g/mol. The molecule has 0 bridgehead atoms. The molecule has 20 heavy (non-hydrogen) atoms. The second-order valence-corrected chi connectivity index (χ2v) is 4.84. The van der Waals surface area contributed by atoms with Crippen LogP contribution in [-0.2, 0) is 9.53 Å². The Bertz CT molecular complexity index is 613. The number of hydrogen-bond donors (Lipinski definition) is 0. The van der Waals surface area contributed by atoms with Crippen LogP contribution in [0.25, 0.3) is 5.65 Å². The number of rotatable bonds is 3. The van der Waals surface area contributed by atoms with Crippen molar-refractivity contribution in [2.24, 2.45) is 0 Å². The topological polar surface area (TPSA) is 85.5 Å². The van der Waals surface area contributed by atoms with E-state index in [-0.39, 0.29) is 12.0 Å². The van der Waals surface area contributed by atoms with Crippen molar-refractivity contribution in [3.8, 4) is 0 Å². The fourth-order valence-electron chi connectivity index (χ4n) is 2.65. The van der Waals surface area contributed by atoms with Crippen molar-refractivity contribution in [2.75, 3.05) is 18.6 Å². The minimum atomic E-state index is -0.196. The van der Waals surface area contributed by atoms with Crippen LogP contribution in [0.2, 0.25) is 0 Å². The SMILES string of the molecule is COC(=O)CC1CCCCN1c1cncc2nnnn12. The molecule has 0 aliphatic carbocycles. The van der Waals surface area contributed by atoms with Gasteiger partial charge in [0.25, 0.3) is 0 Å². The number of aromatic nitrogens is 5. The summed E-state index contributed by atoms with van der Waals surface area (Å²) in [5.74, 6) is 0.625. The normalized spacial score (nSPS) is 19.2. The van der Waals surface area contributed by atoms with Crippen LogP contribution in [0.3, 0.4) is 0 Å². The minimum absolute atomic E-state index is 0.104. The Hall–Kier alpha value is -2.25. The number of esters is 1. The zero-order valence-corrected chi connectivity index (χ0v) is 11.3. The van der Waals surface area contributed by atoms with E-state index in [4.69, 9.17) is 4.74 Å². The van der Waals surface area contributed by atoms with Crippen molar-refractivity contribution in [3.63, 3.8) is 0 Å². The van der Waals surface area contributed by atoms with Gasteiger partial charge in [-0.05, 0) is 29.7 Å². The highest BCUT2D eigenvalue weighted by Crippen LogP contribution is 2.26. The van der Waals surface area contributed by atoms with Crippen molar-refractivity contribution in [3.05, 3.63) is 12.4 Å². The number of nitrogens with zero attached hydrogens (tertiary/aromatic N) is 6. The highest BCUT2D eigenvalue weighted by atomic mass is 16.5. The third kappa shape index (κ3) is 2.28. The van der Waals surface area contributed by atoms with Gasteiger partial charge in [-0.1, -0.05) is 0 Å². The summed E-state index contributed by atoms with van der Waals surface area (Å²) in [5.41, 5.74) is 0.602. The average Bonchev–Trinajstić information content (AvgIpc) is 2.96. The van der Waals surface area contributed by atoms with Crippen molar-refractivity contribution in [2.45, 2.75) is 31.7 Å². The smallest absolute Gasteiger partial charge is 0.307 e. The van der Waals surface area contributed by atoms with E-state index in [0.29, 0.717) is 12.1 Å². The lowest BCUT2D eigenvalue weighted by atomic mass is 9.99. The van der Waals surface area contributed by atoms with Crippen molar-refractivity contribution < 1.29 is 9.53 Å². The lowest BCUT2D eigenvalue weighted by Gasteiger charge is -2.36. The molecular formula is C12H16N6O2. The molecule has 0 spiro atoms. The molecule has 0 amide bonds. The molecule has 0 radical (unpaired) electrons. The number of carbonyl (C=O) groups is 1. The first kappa shape index (κ1) is 12.8. The largest absolute Gasteiger partial charge is 0.469 e. The van der Waals surface area contributed by atoms with Crippen LogP contribution in [0.15, 0.2) is 12.4 Å². The summed E-state index contributed by atoms with van der Waals surface area (Å²) in [6, 6.07) is 0.104. The Balaban J connectivity index is 1.93. The lowest BCUT2D eigenvalue weighted by Crippen LogP contribution is -2.42. The number of methoxy groups -OCH3 is 1. The molecule has 1 fully saturated rings. The molecule has 8 heteroatoms. The molecule has 3 rings (SSSR count). The van der Waals surface area contributed by atoms with E-state index in [0.717, 1.165) is 31.6 Å². The fourth-order valence-corrected chi connectivity index (χ4v) is 2.65. The summed E-state index contributed by atoms with van der Waals surface area (Å²) >= 11 is 0. The maximum atomic E-state index is 11.6. The molecule has 3 heterocycles. The third-order valence-corrected chi connectivity index (χ3v) is 3.64. The fraction of sp³-hybridized carbons (Fsp3) is 0.583. The summed E-state index contributed by atoms with van der Waals surface area (Å²) in [4.78, 5) is 17.9. The van der Waals surface area contributed by atoms with Gasteiger partial charge in [0.05, 0.1) is 25.9 Å². The van der Waals surface area contributed by atoms with Gasteiger partial charge in [-0.2, -0.15) is 4.52 Å². The zero-order valence-electron chi connectivity index (χ0n) is 11.3. The Morgan fingerprint density at radius 3 is 3.20 bits per heavy atom. The van der Waals surface area contributed by atoms with Gasteiger partial charge >= 0.3 is 5.97 Å². The summed E-state index contributed by atoms with van der Waals surface area (Å²) in [5, 5.41) is 11.5. The second-order valence-electron chi connectivity index (χ2n) is 4.84. The number of piperidine rings is 1. The van der Waals surface area contributed by atoms with Gasteiger partial charge in [-0.3, -0.25) is 9.78 Å². The Morgan fingerprint density at radius 1 is 1.45 bits per heavy atom.